The van der Waals surface area contributed by atoms with Crippen molar-refractivity contribution in [1.29, 1.82) is 0 Å². The normalized spacial score (nSPS) is 12.7. The van der Waals surface area contributed by atoms with Crippen LogP contribution in [0.4, 0.5) is 10.5 Å². The highest BCUT2D eigenvalue weighted by molar-refractivity contribution is 5.84. The van der Waals surface area contributed by atoms with Crippen LogP contribution >= 0.6 is 0 Å². The molecule has 130 valence electrons. The molecule has 0 saturated carbocycles. The van der Waals surface area contributed by atoms with Crippen LogP contribution in [0.2, 0.25) is 0 Å². The number of carbonyl (C=O) groups is 1. The van der Waals surface area contributed by atoms with Crippen molar-refractivity contribution < 1.29 is 9.53 Å². The van der Waals surface area contributed by atoms with Gasteiger partial charge < -0.3 is 10.1 Å². The van der Waals surface area contributed by atoms with Gasteiger partial charge >= 0.3 is 6.09 Å². The molecule has 0 aliphatic carbocycles. The number of anilines is 1. The van der Waals surface area contributed by atoms with Crippen LogP contribution in [0.3, 0.4) is 0 Å². The molecule has 0 aliphatic rings. The lowest BCUT2D eigenvalue weighted by Crippen LogP contribution is -2.27. The Kier molecular flexibility index (Phi) is 5.56. The molecule has 1 amide bonds. The first-order chi connectivity index (χ1) is 11.2. The van der Waals surface area contributed by atoms with Gasteiger partial charge in [-0.25, -0.2) is 9.78 Å². The van der Waals surface area contributed by atoms with Crippen molar-refractivity contribution in [2.75, 3.05) is 5.32 Å². The lowest BCUT2D eigenvalue weighted by atomic mass is 10.2. The third-order valence-corrected chi connectivity index (χ3v) is 3.22. The number of rotatable bonds is 5. The molecule has 24 heavy (non-hydrogen) atoms. The minimum Gasteiger partial charge on any atom is -0.444 e. The average molecular weight is 331 g/mol. The Labute approximate surface area is 142 Å². The summed E-state index contributed by atoms with van der Waals surface area (Å²) in [6.45, 7) is 8.21. The summed E-state index contributed by atoms with van der Waals surface area (Å²) in [6.07, 6.45) is 1.23. The SMILES string of the molecule is CC(NCc1ccc(NC(=O)OC(C)(C)C)cc1)c1ncn(C)n1. The number of benzene rings is 1. The van der Waals surface area contributed by atoms with E-state index in [9.17, 15) is 4.79 Å². The Morgan fingerprint density at radius 1 is 1.29 bits per heavy atom. The average Bonchev–Trinajstić information content (AvgIpc) is 2.91. The van der Waals surface area contributed by atoms with E-state index in [0.29, 0.717) is 12.2 Å². The number of nitrogens with zero attached hydrogens (tertiary/aromatic N) is 3. The van der Waals surface area contributed by atoms with Gasteiger partial charge in [0.1, 0.15) is 11.9 Å². The summed E-state index contributed by atoms with van der Waals surface area (Å²) < 4.78 is 6.91. The predicted octanol–water partition coefficient (Wildman–Crippen LogP) is 3.01. The molecule has 7 nitrogen and oxygen atoms in total. The van der Waals surface area contributed by atoms with E-state index in [1.165, 1.54) is 0 Å². The fourth-order valence-electron chi connectivity index (χ4n) is 2.04. The maximum atomic E-state index is 11.7. The van der Waals surface area contributed by atoms with Crippen molar-refractivity contribution in [2.45, 2.75) is 45.9 Å². The van der Waals surface area contributed by atoms with E-state index in [1.54, 1.807) is 11.0 Å². The molecule has 2 rings (SSSR count). The molecule has 0 aliphatic heterocycles. The number of aromatic nitrogens is 3. The minimum absolute atomic E-state index is 0.0609. The summed E-state index contributed by atoms with van der Waals surface area (Å²) in [5.41, 5.74) is 1.30. The van der Waals surface area contributed by atoms with Crippen molar-refractivity contribution >= 4 is 11.8 Å². The van der Waals surface area contributed by atoms with Crippen molar-refractivity contribution in [1.82, 2.24) is 20.1 Å². The smallest absolute Gasteiger partial charge is 0.412 e. The fraction of sp³-hybridized carbons (Fsp3) is 0.471. The van der Waals surface area contributed by atoms with E-state index in [1.807, 2.05) is 59.0 Å². The second kappa shape index (κ2) is 7.44. The molecule has 2 N–H and O–H groups in total. The van der Waals surface area contributed by atoms with Crippen LogP contribution in [0.15, 0.2) is 30.6 Å². The molecular weight excluding hydrogens is 306 g/mol. The van der Waals surface area contributed by atoms with Gasteiger partial charge in [0.05, 0.1) is 6.04 Å². The monoisotopic (exact) mass is 331 g/mol. The van der Waals surface area contributed by atoms with Crippen molar-refractivity contribution in [3.05, 3.63) is 42.0 Å². The fourth-order valence-corrected chi connectivity index (χ4v) is 2.04. The molecule has 0 fully saturated rings. The van der Waals surface area contributed by atoms with Gasteiger partial charge in [0.25, 0.3) is 0 Å². The van der Waals surface area contributed by atoms with E-state index in [4.69, 9.17) is 4.74 Å². The van der Waals surface area contributed by atoms with E-state index in [0.717, 1.165) is 11.4 Å². The molecule has 1 atom stereocenters. The Bertz CT molecular complexity index is 673. The van der Waals surface area contributed by atoms with E-state index in [-0.39, 0.29) is 6.04 Å². The van der Waals surface area contributed by atoms with Crippen LogP contribution in [0.5, 0.6) is 0 Å². The first kappa shape index (κ1) is 17.9. The number of amides is 1. The van der Waals surface area contributed by atoms with Crippen molar-refractivity contribution in [2.24, 2.45) is 7.05 Å². The molecular formula is C17H25N5O2. The molecule has 0 spiro atoms. The van der Waals surface area contributed by atoms with Crippen LogP contribution in [0, 0.1) is 0 Å². The van der Waals surface area contributed by atoms with Gasteiger partial charge in [-0.1, -0.05) is 12.1 Å². The Hall–Kier alpha value is -2.41. The number of aryl methyl sites for hydroxylation is 1. The molecule has 0 bridgehead atoms. The van der Waals surface area contributed by atoms with Gasteiger partial charge in [-0.15, -0.1) is 0 Å². The third-order valence-electron chi connectivity index (χ3n) is 3.22. The van der Waals surface area contributed by atoms with E-state index < -0.39 is 11.7 Å². The number of hydrogen-bond acceptors (Lipinski definition) is 5. The van der Waals surface area contributed by atoms with Gasteiger partial charge in [-0.05, 0) is 45.4 Å². The lowest BCUT2D eigenvalue weighted by molar-refractivity contribution is 0.0636. The molecule has 1 aromatic heterocycles. The molecule has 1 unspecified atom stereocenters. The van der Waals surface area contributed by atoms with Crippen molar-refractivity contribution in [3.63, 3.8) is 0 Å². The molecule has 0 radical (unpaired) electrons. The molecule has 1 heterocycles. The Morgan fingerprint density at radius 2 is 1.96 bits per heavy atom. The van der Waals surface area contributed by atoms with E-state index in [2.05, 4.69) is 20.7 Å². The summed E-state index contributed by atoms with van der Waals surface area (Å²) in [5, 5.41) is 10.4. The maximum absolute atomic E-state index is 11.7. The van der Waals surface area contributed by atoms with Crippen molar-refractivity contribution in [3.8, 4) is 0 Å². The maximum Gasteiger partial charge on any atom is 0.412 e. The predicted molar refractivity (Wildman–Crippen MR) is 92.6 cm³/mol. The largest absolute Gasteiger partial charge is 0.444 e. The van der Waals surface area contributed by atoms with Crippen LogP contribution in [0.1, 0.15) is 45.1 Å². The number of nitrogens with one attached hydrogen (secondary N) is 2. The highest BCUT2D eigenvalue weighted by Crippen LogP contribution is 2.14. The van der Waals surface area contributed by atoms with Crippen LogP contribution < -0.4 is 10.6 Å². The second-order valence-corrected chi connectivity index (χ2v) is 6.70. The lowest BCUT2D eigenvalue weighted by Gasteiger charge is -2.19. The molecule has 1 aromatic carbocycles. The standard InChI is InChI=1S/C17H25N5O2/c1-12(15-19-11-22(5)21-15)18-10-13-6-8-14(9-7-13)20-16(23)24-17(2,3)4/h6-9,11-12,18H,10H2,1-5H3,(H,20,23). The molecule has 7 heteroatoms. The summed E-state index contributed by atoms with van der Waals surface area (Å²) in [7, 11) is 1.85. The van der Waals surface area contributed by atoms with Crippen LogP contribution in [-0.4, -0.2) is 26.5 Å². The highest BCUT2D eigenvalue weighted by Gasteiger charge is 2.16. The number of carbonyl (C=O) groups excluding carboxylic acids is 1. The van der Waals surface area contributed by atoms with Gasteiger partial charge in [0.2, 0.25) is 0 Å². The minimum atomic E-state index is -0.510. The van der Waals surface area contributed by atoms with Gasteiger partial charge in [0.15, 0.2) is 5.82 Å². The topological polar surface area (TPSA) is 81.1 Å². The first-order valence-corrected chi connectivity index (χ1v) is 7.91. The van der Waals surface area contributed by atoms with Gasteiger partial charge in [-0.2, -0.15) is 5.10 Å². The number of ether oxygens (including phenoxy) is 1. The zero-order valence-corrected chi connectivity index (χ0v) is 14.8. The molecule has 0 saturated heterocycles. The Balaban J connectivity index is 1.84. The summed E-state index contributed by atoms with van der Waals surface area (Å²) >= 11 is 0. The zero-order valence-electron chi connectivity index (χ0n) is 14.8. The molecule has 2 aromatic rings. The third kappa shape index (κ3) is 5.66. The van der Waals surface area contributed by atoms with Crippen LogP contribution in [-0.2, 0) is 18.3 Å². The second-order valence-electron chi connectivity index (χ2n) is 6.70. The number of hydrogen-bond donors (Lipinski definition) is 2. The summed E-state index contributed by atoms with van der Waals surface area (Å²) in [5.74, 6) is 0.765. The summed E-state index contributed by atoms with van der Waals surface area (Å²) in [6, 6.07) is 7.68. The van der Waals surface area contributed by atoms with Gasteiger partial charge in [-0.3, -0.25) is 10.00 Å². The van der Waals surface area contributed by atoms with Crippen LogP contribution in [0.25, 0.3) is 0 Å². The Morgan fingerprint density at radius 3 is 2.50 bits per heavy atom. The van der Waals surface area contributed by atoms with E-state index >= 15 is 0 Å². The van der Waals surface area contributed by atoms with Gasteiger partial charge in [0, 0.05) is 19.3 Å². The highest BCUT2D eigenvalue weighted by atomic mass is 16.6. The first-order valence-electron chi connectivity index (χ1n) is 7.91. The zero-order chi connectivity index (χ0) is 17.7. The quantitative estimate of drug-likeness (QED) is 0.880. The summed E-state index contributed by atoms with van der Waals surface area (Å²) in [4.78, 5) is 16.0.